The first kappa shape index (κ1) is 18.3. The summed E-state index contributed by atoms with van der Waals surface area (Å²) in [5.41, 5.74) is 6.52. The van der Waals surface area contributed by atoms with Crippen LogP contribution < -0.4 is 5.32 Å². The fourth-order valence-electron chi connectivity index (χ4n) is 3.69. The van der Waals surface area contributed by atoms with Crippen LogP contribution in [0.5, 0.6) is 0 Å². The average molecular weight is 373 g/mol. The quantitative estimate of drug-likeness (QED) is 0.654. The van der Waals surface area contributed by atoms with E-state index in [4.69, 9.17) is 0 Å². The smallest absolute Gasteiger partial charge is 0.0979 e. The third-order valence-corrected chi connectivity index (χ3v) is 5.14. The first-order valence-electron chi connectivity index (χ1n) is 9.46. The van der Waals surface area contributed by atoms with Gasteiger partial charge in [0.2, 0.25) is 0 Å². The van der Waals surface area contributed by atoms with Crippen LogP contribution in [0, 0.1) is 29.6 Å². The zero-order valence-electron chi connectivity index (χ0n) is 16.1. The van der Waals surface area contributed by atoms with E-state index in [0.29, 0.717) is 11.1 Å². The van der Waals surface area contributed by atoms with Crippen molar-refractivity contribution in [2.24, 2.45) is 0 Å². The fraction of sp³-hybridized carbons (Fsp3) is 0.0769. The van der Waals surface area contributed by atoms with Crippen LogP contribution in [-0.4, -0.2) is 0 Å². The predicted octanol–water partition coefficient (Wildman–Crippen LogP) is 5.55. The molecule has 3 aromatic rings. The van der Waals surface area contributed by atoms with E-state index in [1.165, 1.54) is 0 Å². The number of nitrogens with zero attached hydrogens (tertiary/aromatic N) is 2. The lowest BCUT2D eigenvalue weighted by atomic mass is 9.79. The van der Waals surface area contributed by atoms with Gasteiger partial charge in [-0.15, -0.1) is 0 Å². The minimum Gasteiger partial charge on any atom is -0.353 e. The molecule has 138 valence electrons. The Labute approximate surface area is 170 Å². The summed E-state index contributed by atoms with van der Waals surface area (Å²) in [7, 11) is 0. The molecular formula is C26H19N3. The Kier molecular flexibility index (Phi) is 4.97. The van der Waals surface area contributed by atoms with Gasteiger partial charge in [-0.05, 0) is 23.6 Å². The number of hydrogen-bond donors (Lipinski definition) is 1. The molecule has 1 aliphatic rings. The van der Waals surface area contributed by atoms with Gasteiger partial charge in [0.05, 0.1) is 40.6 Å². The van der Waals surface area contributed by atoms with Crippen LogP contribution in [0.1, 0.15) is 28.2 Å². The van der Waals surface area contributed by atoms with E-state index in [2.05, 4.69) is 17.5 Å². The number of nitriles is 2. The van der Waals surface area contributed by atoms with Gasteiger partial charge in [0.15, 0.2) is 0 Å². The van der Waals surface area contributed by atoms with Crippen LogP contribution in [0.25, 0.3) is 11.4 Å². The molecule has 0 amide bonds. The van der Waals surface area contributed by atoms with Crippen LogP contribution in [0.2, 0.25) is 0 Å². The second kappa shape index (κ2) is 7.89. The van der Waals surface area contributed by atoms with Crippen molar-refractivity contribution in [3.05, 3.63) is 118 Å². The molecule has 0 spiro atoms. The maximum absolute atomic E-state index is 10.1. The highest BCUT2D eigenvalue weighted by Gasteiger charge is 2.33. The highest BCUT2D eigenvalue weighted by molar-refractivity contribution is 5.88. The van der Waals surface area contributed by atoms with Gasteiger partial charge >= 0.3 is 0 Å². The van der Waals surface area contributed by atoms with E-state index in [9.17, 15) is 10.5 Å². The monoisotopic (exact) mass is 373 g/mol. The van der Waals surface area contributed by atoms with Gasteiger partial charge in [0, 0.05) is 0 Å². The normalized spacial score (nSPS) is 14.2. The van der Waals surface area contributed by atoms with Gasteiger partial charge < -0.3 is 5.32 Å². The summed E-state index contributed by atoms with van der Waals surface area (Å²) in [5.74, 6) is -0.419. The molecule has 0 saturated heterocycles. The van der Waals surface area contributed by atoms with E-state index in [-0.39, 0.29) is 0 Å². The Hall–Kier alpha value is -4.08. The fourth-order valence-corrected chi connectivity index (χ4v) is 3.69. The highest BCUT2D eigenvalue weighted by atomic mass is 14.9. The lowest BCUT2D eigenvalue weighted by Crippen LogP contribution is -2.24. The minimum absolute atomic E-state index is 0.419. The highest BCUT2D eigenvalue weighted by Crippen LogP contribution is 2.42. The largest absolute Gasteiger partial charge is 0.353 e. The molecule has 0 bridgehead atoms. The standard InChI is InChI=1S/C26H19N3/c1-18-12-14-19(15-13-18)24-22(16-27)25(20-8-4-2-5-9-20)29-26(23(24)17-28)21-10-6-3-7-11-21/h2-15,24,29H,1H3. The summed E-state index contributed by atoms with van der Waals surface area (Å²) < 4.78 is 0. The van der Waals surface area contributed by atoms with Gasteiger partial charge in [-0.2, -0.15) is 10.5 Å². The van der Waals surface area contributed by atoms with Crippen LogP contribution in [0.4, 0.5) is 0 Å². The summed E-state index contributed by atoms with van der Waals surface area (Å²) in [6.45, 7) is 2.03. The molecule has 0 unspecified atom stereocenters. The van der Waals surface area contributed by atoms with Crippen molar-refractivity contribution in [3.8, 4) is 12.1 Å². The summed E-state index contributed by atoms with van der Waals surface area (Å²) in [5, 5.41) is 23.6. The average Bonchev–Trinajstić information content (AvgIpc) is 2.79. The van der Waals surface area contributed by atoms with Crippen LogP contribution in [0.15, 0.2) is 96.1 Å². The summed E-state index contributed by atoms with van der Waals surface area (Å²) in [4.78, 5) is 0. The summed E-state index contributed by atoms with van der Waals surface area (Å²) in [6, 6.07) is 32.4. The zero-order valence-corrected chi connectivity index (χ0v) is 16.1. The predicted molar refractivity (Wildman–Crippen MR) is 115 cm³/mol. The molecule has 3 aromatic carbocycles. The molecular weight excluding hydrogens is 354 g/mol. The minimum atomic E-state index is -0.419. The molecule has 4 rings (SSSR count). The number of nitrogens with one attached hydrogen (secondary N) is 1. The van der Waals surface area contributed by atoms with E-state index in [1.807, 2.05) is 91.9 Å². The summed E-state index contributed by atoms with van der Waals surface area (Å²) in [6.07, 6.45) is 0. The van der Waals surface area contributed by atoms with Crippen molar-refractivity contribution >= 4 is 11.4 Å². The Morgan fingerprint density at radius 2 is 1.10 bits per heavy atom. The van der Waals surface area contributed by atoms with Crippen LogP contribution in [0.3, 0.4) is 0 Å². The van der Waals surface area contributed by atoms with Gasteiger partial charge in [-0.1, -0.05) is 90.5 Å². The molecule has 3 nitrogen and oxygen atoms in total. The number of aryl methyl sites for hydroxylation is 1. The van der Waals surface area contributed by atoms with Gasteiger partial charge in [-0.25, -0.2) is 0 Å². The maximum atomic E-state index is 10.1. The second-order valence-electron chi connectivity index (χ2n) is 7.00. The Bertz CT molecular complexity index is 1100. The first-order valence-corrected chi connectivity index (χ1v) is 9.46. The van der Waals surface area contributed by atoms with Crippen molar-refractivity contribution in [2.75, 3.05) is 0 Å². The van der Waals surface area contributed by atoms with E-state index in [1.54, 1.807) is 0 Å². The number of hydrogen-bond acceptors (Lipinski definition) is 3. The molecule has 29 heavy (non-hydrogen) atoms. The molecule has 1 N–H and O–H groups in total. The third-order valence-electron chi connectivity index (χ3n) is 5.14. The Morgan fingerprint density at radius 1 is 0.655 bits per heavy atom. The molecule has 3 heteroatoms. The van der Waals surface area contributed by atoms with Crippen LogP contribution >= 0.6 is 0 Å². The van der Waals surface area contributed by atoms with E-state index < -0.39 is 5.92 Å². The molecule has 0 aromatic heterocycles. The van der Waals surface area contributed by atoms with E-state index >= 15 is 0 Å². The lowest BCUT2D eigenvalue weighted by molar-refractivity contribution is 0.936. The molecule has 0 aliphatic carbocycles. The van der Waals surface area contributed by atoms with Gasteiger partial charge in [-0.3, -0.25) is 0 Å². The topological polar surface area (TPSA) is 59.6 Å². The number of benzene rings is 3. The molecule has 0 saturated carbocycles. The number of allylic oxidation sites excluding steroid dienone is 2. The molecule has 0 radical (unpaired) electrons. The molecule has 0 fully saturated rings. The Balaban J connectivity index is 1.99. The van der Waals surface area contributed by atoms with Gasteiger partial charge in [0.25, 0.3) is 0 Å². The number of dihydropyridines is 1. The first-order chi connectivity index (χ1) is 14.2. The van der Waals surface area contributed by atoms with Crippen molar-refractivity contribution < 1.29 is 0 Å². The molecule has 1 aliphatic heterocycles. The summed E-state index contributed by atoms with van der Waals surface area (Å²) >= 11 is 0. The molecule has 0 atom stereocenters. The van der Waals surface area contributed by atoms with Crippen molar-refractivity contribution in [1.82, 2.24) is 5.32 Å². The van der Waals surface area contributed by atoms with Crippen molar-refractivity contribution in [3.63, 3.8) is 0 Å². The van der Waals surface area contributed by atoms with Gasteiger partial charge in [0.1, 0.15) is 0 Å². The maximum Gasteiger partial charge on any atom is 0.0979 e. The van der Waals surface area contributed by atoms with E-state index in [0.717, 1.165) is 33.6 Å². The molecule has 1 heterocycles. The van der Waals surface area contributed by atoms with Crippen molar-refractivity contribution in [2.45, 2.75) is 12.8 Å². The number of rotatable bonds is 3. The van der Waals surface area contributed by atoms with Crippen LogP contribution in [-0.2, 0) is 0 Å². The SMILES string of the molecule is Cc1ccc(C2C(C#N)=C(c3ccccc3)NC(c3ccccc3)=C2C#N)cc1. The van der Waals surface area contributed by atoms with Crippen molar-refractivity contribution in [1.29, 1.82) is 10.5 Å². The second-order valence-corrected chi connectivity index (χ2v) is 7.00. The zero-order chi connectivity index (χ0) is 20.2. The lowest BCUT2D eigenvalue weighted by Gasteiger charge is -2.29. The third kappa shape index (κ3) is 3.43. The Morgan fingerprint density at radius 3 is 1.52 bits per heavy atom.